The van der Waals surface area contributed by atoms with Gasteiger partial charge >= 0.3 is 0 Å². The van der Waals surface area contributed by atoms with Crippen LogP contribution in [0.3, 0.4) is 0 Å². The number of nitrogens with zero attached hydrogens (tertiary/aromatic N) is 1. The van der Waals surface area contributed by atoms with Gasteiger partial charge in [0.1, 0.15) is 0 Å². The first-order chi connectivity index (χ1) is 10.4. The van der Waals surface area contributed by atoms with Gasteiger partial charge in [-0.25, -0.2) is 0 Å². The fourth-order valence-electron chi connectivity index (χ4n) is 2.23. The molecule has 0 aliphatic carbocycles. The molecule has 23 heavy (non-hydrogen) atoms. The second-order valence-corrected chi connectivity index (χ2v) is 5.53. The third kappa shape index (κ3) is 4.43. The van der Waals surface area contributed by atoms with E-state index in [1.54, 1.807) is 27.1 Å². The average molecular weight is 336 g/mol. The summed E-state index contributed by atoms with van der Waals surface area (Å²) >= 11 is 0. The molecule has 0 fully saturated rings. The highest BCUT2D eigenvalue weighted by atomic mass is 35.5. The van der Waals surface area contributed by atoms with Gasteiger partial charge in [-0.3, -0.25) is 9.59 Å². The Labute approximate surface area is 141 Å². The van der Waals surface area contributed by atoms with E-state index < -0.39 is 0 Å². The maximum atomic E-state index is 12.4. The molecule has 2 atom stereocenters. The van der Waals surface area contributed by atoms with Crippen molar-refractivity contribution in [2.45, 2.75) is 19.9 Å². The van der Waals surface area contributed by atoms with E-state index in [0.717, 1.165) is 11.1 Å². The van der Waals surface area contributed by atoms with Gasteiger partial charge in [0.25, 0.3) is 5.56 Å². The summed E-state index contributed by atoms with van der Waals surface area (Å²) in [6.07, 6.45) is 1.62. The lowest BCUT2D eigenvalue weighted by Crippen LogP contribution is -2.31. The zero-order chi connectivity index (χ0) is 16.3. The molecule has 6 heteroatoms. The van der Waals surface area contributed by atoms with E-state index >= 15 is 0 Å². The Hall–Kier alpha value is -2.11. The number of aromatic nitrogens is 1. The van der Waals surface area contributed by atoms with Crippen molar-refractivity contribution in [2.75, 3.05) is 5.32 Å². The second-order valence-electron chi connectivity index (χ2n) is 5.53. The fourth-order valence-corrected chi connectivity index (χ4v) is 2.23. The normalized spacial score (nSPS) is 12.9. The van der Waals surface area contributed by atoms with E-state index in [4.69, 9.17) is 5.73 Å². The zero-order valence-corrected chi connectivity index (χ0v) is 14.3. The third-order valence-corrected chi connectivity index (χ3v) is 3.83. The maximum Gasteiger partial charge on any atom is 0.250 e. The van der Waals surface area contributed by atoms with E-state index in [1.807, 2.05) is 30.3 Å². The number of aryl methyl sites for hydroxylation is 2. The van der Waals surface area contributed by atoms with Crippen molar-refractivity contribution in [1.82, 2.24) is 4.57 Å². The standard InChI is InChI=1S/C17H21N3O2.ClH/c1-11-9-15(21)20(3)10-14(11)19-17(22)12(2)16(18)13-7-5-4-6-8-13;/h4-10,12,16H,18H2,1-3H3,(H,19,22);1H. The van der Waals surface area contributed by atoms with E-state index in [2.05, 4.69) is 5.32 Å². The molecule has 5 nitrogen and oxygen atoms in total. The highest BCUT2D eigenvalue weighted by Gasteiger charge is 2.22. The molecule has 0 saturated heterocycles. The SMILES string of the molecule is Cc1cc(=O)n(C)cc1NC(=O)C(C)C(N)c1ccccc1.Cl. The number of anilines is 1. The van der Waals surface area contributed by atoms with Crippen LogP contribution < -0.4 is 16.6 Å². The molecule has 0 aliphatic rings. The van der Waals surface area contributed by atoms with Crippen LogP contribution in [0.15, 0.2) is 47.4 Å². The summed E-state index contributed by atoms with van der Waals surface area (Å²) in [5.74, 6) is -0.558. The first-order valence-electron chi connectivity index (χ1n) is 7.19. The monoisotopic (exact) mass is 335 g/mol. The zero-order valence-electron chi connectivity index (χ0n) is 13.4. The van der Waals surface area contributed by atoms with Gasteiger partial charge in [0, 0.05) is 25.4 Å². The van der Waals surface area contributed by atoms with Crippen molar-refractivity contribution in [2.24, 2.45) is 18.7 Å². The number of rotatable bonds is 4. The molecule has 1 aromatic heterocycles. The van der Waals surface area contributed by atoms with Crippen LogP contribution in [0.25, 0.3) is 0 Å². The number of nitrogens with two attached hydrogens (primary N) is 1. The highest BCUT2D eigenvalue weighted by molar-refractivity contribution is 5.93. The Balaban J connectivity index is 0.00000264. The van der Waals surface area contributed by atoms with Crippen molar-refractivity contribution in [3.05, 3.63) is 64.1 Å². The van der Waals surface area contributed by atoms with Crippen molar-refractivity contribution in [3.63, 3.8) is 0 Å². The molecule has 2 unspecified atom stereocenters. The Kier molecular flexibility index (Phi) is 6.54. The van der Waals surface area contributed by atoms with Gasteiger partial charge in [-0.15, -0.1) is 12.4 Å². The van der Waals surface area contributed by atoms with Gasteiger partial charge in [-0.05, 0) is 18.1 Å². The summed E-state index contributed by atoms with van der Waals surface area (Å²) in [5.41, 5.74) is 8.34. The Morgan fingerprint density at radius 1 is 1.26 bits per heavy atom. The van der Waals surface area contributed by atoms with Gasteiger partial charge in [-0.1, -0.05) is 37.3 Å². The maximum absolute atomic E-state index is 12.4. The molecule has 124 valence electrons. The smallest absolute Gasteiger partial charge is 0.250 e. The van der Waals surface area contributed by atoms with Crippen LogP contribution in [0.4, 0.5) is 5.69 Å². The van der Waals surface area contributed by atoms with Gasteiger partial charge in [-0.2, -0.15) is 0 Å². The number of carbonyl (C=O) groups excluding carboxylic acids is 1. The number of pyridine rings is 1. The quantitative estimate of drug-likeness (QED) is 0.900. The summed E-state index contributed by atoms with van der Waals surface area (Å²) in [6.45, 7) is 3.59. The van der Waals surface area contributed by atoms with Crippen LogP contribution in [0, 0.1) is 12.8 Å². The number of hydrogen-bond donors (Lipinski definition) is 2. The molecule has 0 bridgehead atoms. The van der Waals surface area contributed by atoms with Gasteiger partial charge in [0.05, 0.1) is 11.6 Å². The minimum absolute atomic E-state index is 0. The van der Waals surface area contributed by atoms with Crippen LogP contribution >= 0.6 is 12.4 Å². The third-order valence-electron chi connectivity index (χ3n) is 3.83. The first-order valence-corrected chi connectivity index (χ1v) is 7.19. The van der Waals surface area contributed by atoms with Gasteiger partial charge in [0.15, 0.2) is 0 Å². The van der Waals surface area contributed by atoms with Crippen molar-refractivity contribution in [3.8, 4) is 0 Å². The molecule has 0 saturated carbocycles. The van der Waals surface area contributed by atoms with Crippen LogP contribution in [-0.2, 0) is 11.8 Å². The lowest BCUT2D eigenvalue weighted by molar-refractivity contribution is -0.120. The van der Waals surface area contributed by atoms with Crippen molar-refractivity contribution in [1.29, 1.82) is 0 Å². The Morgan fingerprint density at radius 3 is 2.48 bits per heavy atom. The highest BCUT2D eigenvalue weighted by Crippen LogP contribution is 2.21. The molecule has 0 aliphatic heterocycles. The molecule has 0 spiro atoms. The summed E-state index contributed by atoms with van der Waals surface area (Å²) < 4.78 is 1.43. The molecule has 2 rings (SSSR count). The summed E-state index contributed by atoms with van der Waals surface area (Å²) in [4.78, 5) is 23.9. The summed E-state index contributed by atoms with van der Waals surface area (Å²) in [5, 5.41) is 2.85. The number of benzene rings is 1. The molecular formula is C17H22ClN3O2. The number of halogens is 1. The van der Waals surface area contributed by atoms with E-state index in [9.17, 15) is 9.59 Å². The summed E-state index contributed by atoms with van der Waals surface area (Å²) in [6, 6.07) is 10.6. The molecule has 2 aromatic rings. The first kappa shape index (κ1) is 18.9. The fraction of sp³-hybridized carbons (Fsp3) is 0.294. The van der Waals surface area contributed by atoms with E-state index in [0.29, 0.717) is 5.69 Å². The molecule has 0 radical (unpaired) electrons. The minimum Gasteiger partial charge on any atom is -0.324 e. The van der Waals surface area contributed by atoms with Gasteiger partial charge < -0.3 is 15.6 Å². The lowest BCUT2D eigenvalue weighted by Gasteiger charge is -2.20. The van der Waals surface area contributed by atoms with E-state index in [-0.39, 0.29) is 35.8 Å². The van der Waals surface area contributed by atoms with Crippen LogP contribution in [0.2, 0.25) is 0 Å². The van der Waals surface area contributed by atoms with E-state index in [1.165, 1.54) is 10.6 Å². The van der Waals surface area contributed by atoms with Crippen LogP contribution in [0.5, 0.6) is 0 Å². The molecule has 1 heterocycles. The van der Waals surface area contributed by atoms with Gasteiger partial charge in [0.2, 0.25) is 5.91 Å². The number of amides is 1. The minimum atomic E-state index is -0.390. The largest absolute Gasteiger partial charge is 0.324 e. The van der Waals surface area contributed by atoms with Crippen LogP contribution in [-0.4, -0.2) is 10.5 Å². The molecular weight excluding hydrogens is 314 g/mol. The number of nitrogens with one attached hydrogen (secondary N) is 1. The number of carbonyl (C=O) groups is 1. The Bertz CT molecular complexity index is 728. The lowest BCUT2D eigenvalue weighted by atomic mass is 9.94. The average Bonchev–Trinajstić information content (AvgIpc) is 2.52. The van der Waals surface area contributed by atoms with Crippen molar-refractivity contribution >= 4 is 24.0 Å². The predicted octanol–water partition coefficient (Wildman–Crippen LogP) is 2.39. The topological polar surface area (TPSA) is 77.1 Å². The molecule has 1 aromatic carbocycles. The Morgan fingerprint density at radius 2 is 1.87 bits per heavy atom. The summed E-state index contributed by atoms with van der Waals surface area (Å²) in [7, 11) is 1.65. The molecule has 1 amide bonds. The number of hydrogen-bond acceptors (Lipinski definition) is 3. The molecule has 3 N–H and O–H groups in total. The predicted molar refractivity (Wildman–Crippen MR) is 94.8 cm³/mol. The second kappa shape index (κ2) is 7.94. The van der Waals surface area contributed by atoms with Crippen molar-refractivity contribution < 1.29 is 4.79 Å². The van der Waals surface area contributed by atoms with Crippen LogP contribution in [0.1, 0.15) is 24.1 Å².